The molecule has 0 saturated heterocycles. The number of carboxylic acids is 1. The fourth-order valence-electron chi connectivity index (χ4n) is 1.93. The second-order valence-electron chi connectivity index (χ2n) is 5.01. The minimum Gasteiger partial charge on any atom is -0.481 e. The molecule has 0 aliphatic rings. The smallest absolute Gasteiger partial charge is 0.319 e. The Morgan fingerprint density at radius 3 is 2.78 bits per heavy atom. The van der Waals surface area contributed by atoms with Crippen molar-refractivity contribution in [2.24, 2.45) is 0 Å². The molecule has 0 aliphatic carbocycles. The molecule has 0 fully saturated rings. The third kappa shape index (κ3) is 4.80. The van der Waals surface area contributed by atoms with Crippen molar-refractivity contribution in [3.8, 4) is 5.69 Å². The lowest BCUT2D eigenvalue weighted by Crippen LogP contribution is -2.29. The van der Waals surface area contributed by atoms with Crippen molar-refractivity contribution >= 4 is 17.7 Å². The molecule has 0 bridgehead atoms. The summed E-state index contributed by atoms with van der Waals surface area (Å²) in [6.07, 6.45) is 3.62. The number of aryl methyl sites for hydroxylation is 1. The van der Waals surface area contributed by atoms with Crippen molar-refractivity contribution in [2.45, 2.75) is 19.8 Å². The lowest BCUT2D eigenvalue weighted by molar-refractivity contribution is -0.137. The number of carboxylic acid groups (broad SMARTS) is 1. The maximum atomic E-state index is 14.1. The van der Waals surface area contributed by atoms with Crippen molar-refractivity contribution in [2.75, 3.05) is 11.9 Å². The van der Waals surface area contributed by atoms with Crippen LogP contribution in [0.2, 0.25) is 0 Å². The Labute approximate surface area is 132 Å². The van der Waals surface area contributed by atoms with Gasteiger partial charge in [-0.1, -0.05) is 0 Å². The van der Waals surface area contributed by atoms with Crippen molar-refractivity contribution in [1.82, 2.24) is 15.1 Å². The number of aromatic nitrogens is 2. The van der Waals surface area contributed by atoms with Gasteiger partial charge in [0.15, 0.2) is 5.82 Å². The van der Waals surface area contributed by atoms with Gasteiger partial charge in [-0.3, -0.25) is 4.79 Å². The van der Waals surface area contributed by atoms with Gasteiger partial charge in [-0.2, -0.15) is 5.10 Å². The molecule has 0 atom stereocenters. The lowest BCUT2D eigenvalue weighted by Gasteiger charge is -2.09. The van der Waals surface area contributed by atoms with E-state index >= 15 is 0 Å². The zero-order valence-corrected chi connectivity index (χ0v) is 12.5. The predicted octanol–water partition coefficient (Wildman–Crippen LogP) is 2.31. The number of urea groups is 1. The largest absolute Gasteiger partial charge is 0.481 e. The molecule has 122 valence electrons. The van der Waals surface area contributed by atoms with E-state index in [0.29, 0.717) is 12.1 Å². The van der Waals surface area contributed by atoms with Crippen LogP contribution in [0.25, 0.3) is 5.69 Å². The summed E-state index contributed by atoms with van der Waals surface area (Å²) >= 11 is 0. The fourth-order valence-corrected chi connectivity index (χ4v) is 1.93. The normalized spacial score (nSPS) is 10.3. The highest BCUT2D eigenvalue weighted by Crippen LogP contribution is 2.18. The molecule has 1 heterocycles. The molecule has 0 spiro atoms. The van der Waals surface area contributed by atoms with Gasteiger partial charge in [0.2, 0.25) is 0 Å². The average molecular weight is 320 g/mol. The van der Waals surface area contributed by atoms with Crippen molar-refractivity contribution < 1.29 is 19.1 Å². The van der Waals surface area contributed by atoms with Crippen molar-refractivity contribution in [3.05, 3.63) is 42.0 Å². The molecule has 23 heavy (non-hydrogen) atoms. The average Bonchev–Trinajstić information content (AvgIpc) is 2.90. The molecule has 0 aliphatic heterocycles. The monoisotopic (exact) mass is 320 g/mol. The molecule has 0 radical (unpaired) electrons. The molecular formula is C15H17FN4O3. The number of amides is 2. The van der Waals surface area contributed by atoms with E-state index in [2.05, 4.69) is 15.7 Å². The standard InChI is InChI=1S/C15H17FN4O3/c1-10-8-18-20(9-10)13-5-4-11(7-12(13)16)19-15(23)17-6-2-3-14(21)22/h4-5,7-9H,2-3,6H2,1H3,(H,21,22)(H2,17,19,23). The zero-order chi connectivity index (χ0) is 16.8. The minimum absolute atomic E-state index is 0.0209. The highest BCUT2D eigenvalue weighted by Gasteiger charge is 2.08. The molecule has 0 saturated carbocycles. The summed E-state index contributed by atoms with van der Waals surface area (Å²) in [5.74, 6) is -1.43. The first kappa shape index (κ1) is 16.5. The number of nitrogens with one attached hydrogen (secondary N) is 2. The number of nitrogens with zero attached hydrogens (tertiary/aromatic N) is 2. The van der Waals surface area contributed by atoms with E-state index in [4.69, 9.17) is 5.11 Å². The number of aliphatic carboxylic acids is 1. The SMILES string of the molecule is Cc1cnn(-c2ccc(NC(=O)NCCCC(=O)O)cc2F)c1. The van der Waals surface area contributed by atoms with E-state index in [9.17, 15) is 14.0 Å². The third-order valence-electron chi connectivity index (χ3n) is 3.02. The van der Waals surface area contributed by atoms with Gasteiger partial charge in [-0.25, -0.2) is 13.9 Å². The van der Waals surface area contributed by atoms with Gasteiger partial charge in [0.25, 0.3) is 0 Å². The molecule has 2 aromatic rings. The molecule has 1 aromatic carbocycles. The van der Waals surface area contributed by atoms with Crippen LogP contribution in [0, 0.1) is 12.7 Å². The van der Waals surface area contributed by atoms with Crippen LogP contribution in [-0.2, 0) is 4.79 Å². The Kier molecular flexibility index (Phi) is 5.29. The number of rotatable bonds is 6. The molecule has 2 amide bonds. The number of benzene rings is 1. The molecular weight excluding hydrogens is 303 g/mol. The van der Waals surface area contributed by atoms with Gasteiger partial charge in [-0.15, -0.1) is 0 Å². The summed E-state index contributed by atoms with van der Waals surface area (Å²) < 4.78 is 15.5. The topological polar surface area (TPSA) is 96.3 Å². The first-order valence-corrected chi connectivity index (χ1v) is 7.03. The molecule has 3 N–H and O–H groups in total. The van der Waals surface area contributed by atoms with Gasteiger partial charge in [0.1, 0.15) is 5.69 Å². The number of hydrogen-bond donors (Lipinski definition) is 3. The van der Waals surface area contributed by atoms with E-state index in [1.807, 2.05) is 6.92 Å². The predicted molar refractivity (Wildman–Crippen MR) is 82.2 cm³/mol. The molecule has 8 heteroatoms. The van der Waals surface area contributed by atoms with Crippen LogP contribution >= 0.6 is 0 Å². The van der Waals surface area contributed by atoms with E-state index in [0.717, 1.165) is 5.56 Å². The Bertz CT molecular complexity index is 714. The van der Waals surface area contributed by atoms with Crippen molar-refractivity contribution in [1.29, 1.82) is 0 Å². The zero-order valence-electron chi connectivity index (χ0n) is 12.5. The number of carbonyl (C=O) groups excluding carboxylic acids is 1. The van der Waals surface area contributed by atoms with Crippen LogP contribution in [-0.4, -0.2) is 33.4 Å². The van der Waals surface area contributed by atoms with Gasteiger partial charge >= 0.3 is 12.0 Å². The minimum atomic E-state index is -0.918. The number of carbonyl (C=O) groups is 2. The summed E-state index contributed by atoms with van der Waals surface area (Å²) in [4.78, 5) is 22.0. The molecule has 2 rings (SSSR count). The maximum Gasteiger partial charge on any atom is 0.319 e. The fraction of sp³-hybridized carbons (Fsp3) is 0.267. The van der Waals surface area contributed by atoms with Crippen LogP contribution in [0.15, 0.2) is 30.6 Å². The first-order valence-electron chi connectivity index (χ1n) is 7.03. The van der Waals surface area contributed by atoms with Crippen LogP contribution in [0.5, 0.6) is 0 Å². The summed E-state index contributed by atoms with van der Waals surface area (Å²) in [5.41, 5.74) is 1.49. The quantitative estimate of drug-likeness (QED) is 0.712. The maximum absolute atomic E-state index is 14.1. The van der Waals surface area contributed by atoms with E-state index in [1.165, 1.54) is 16.8 Å². The second-order valence-corrected chi connectivity index (χ2v) is 5.01. The number of hydrogen-bond acceptors (Lipinski definition) is 3. The van der Waals surface area contributed by atoms with Crippen molar-refractivity contribution in [3.63, 3.8) is 0 Å². The summed E-state index contributed by atoms with van der Waals surface area (Å²) in [6, 6.07) is 3.76. The molecule has 7 nitrogen and oxygen atoms in total. The van der Waals surface area contributed by atoms with E-state index < -0.39 is 17.8 Å². The van der Waals surface area contributed by atoms with E-state index in [-0.39, 0.29) is 18.7 Å². The van der Waals surface area contributed by atoms with Gasteiger partial charge in [0, 0.05) is 24.8 Å². The third-order valence-corrected chi connectivity index (χ3v) is 3.02. The number of halogens is 1. The van der Waals surface area contributed by atoms with Crippen LogP contribution in [0.3, 0.4) is 0 Å². The van der Waals surface area contributed by atoms with Crippen LogP contribution in [0.4, 0.5) is 14.9 Å². The lowest BCUT2D eigenvalue weighted by atomic mass is 10.2. The van der Waals surface area contributed by atoms with Gasteiger partial charge in [-0.05, 0) is 37.1 Å². The molecule has 0 unspecified atom stereocenters. The first-order chi connectivity index (χ1) is 11.0. The Balaban J connectivity index is 1.92. The van der Waals surface area contributed by atoms with Gasteiger partial charge in [0.05, 0.1) is 6.20 Å². The Morgan fingerprint density at radius 2 is 2.17 bits per heavy atom. The highest BCUT2D eigenvalue weighted by molar-refractivity contribution is 5.89. The summed E-state index contributed by atoms with van der Waals surface area (Å²) in [5, 5.41) is 17.5. The Morgan fingerprint density at radius 1 is 1.39 bits per heavy atom. The highest BCUT2D eigenvalue weighted by atomic mass is 19.1. The van der Waals surface area contributed by atoms with E-state index in [1.54, 1.807) is 18.5 Å². The second kappa shape index (κ2) is 7.39. The summed E-state index contributed by atoms with van der Waals surface area (Å²) in [6.45, 7) is 2.08. The van der Waals surface area contributed by atoms with Crippen LogP contribution < -0.4 is 10.6 Å². The molecule has 1 aromatic heterocycles. The van der Waals surface area contributed by atoms with Gasteiger partial charge < -0.3 is 15.7 Å². The van der Waals surface area contributed by atoms with Crippen LogP contribution in [0.1, 0.15) is 18.4 Å². The number of anilines is 1. The Hall–Kier alpha value is -2.90. The summed E-state index contributed by atoms with van der Waals surface area (Å²) in [7, 11) is 0.